The maximum atomic E-state index is 14.0. The molecule has 104 valence electrons. The number of carbonyl (C=O) groups is 1. The molecule has 0 bridgehead atoms. The van der Waals surface area contributed by atoms with Crippen LogP contribution in [0, 0.1) is 18.6 Å². The van der Waals surface area contributed by atoms with Gasteiger partial charge in [0.05, 0.1) is 18.6 Å². The van der Waals surface area contributed by atoms with E-state index < -0.39 is 23.1 Å². The molecule has 0 saturated heterocycles. The fourth-order valence-corrected chi connectivity index (χ4v) is 2.37. The van der Waals surface area contributed by atoms with E-state index in [1.165, 1.54) is 17.9 Å². The van der Waals surface area contributed by atoms with Gasteiger partial charge in [-0.3, -0.25) is 4.79 Å². The zero-order valence-electron chi connectivity index (χ0n) is 10.9. The number of fused-ring (bicyclic) bond motifs is 1. The Labute approximate surface area is 114 Å². The lowest BCUT2D eigenvalue weighted by Gasteiger charge is -2.28. The largest absolute Gasteiger partial charge is 0.331 e. The number of aryl methyl sites for hydroxylation is 1. The van der Waals surface area contributed by atoms with Crippen LogP contribution in [-0.4, -0.2) is 26.9 Å². The number of imidazole rings is 1. The van der Waals surface area contributed by atoms with E-state index >= 15 is 0 Å². The van der Waals surface area contributed by atoms with Crippen LogP contribution >= 0.6 is 0 Å². The van der Waals surface area contributed by atoms with Gasteiger partial charge < -0.3 is 9.47 Å². The molecule has 0 N–H and O–H groups in total. The molecule has 6 heteroatoms. The predicted octanol–water partition coefficient (Wildman–Crippen LogP) is 2.13. The molecule has 0 aliphatic carbocycles. The first kappa shape index (κ1) is 12.8. The number of hydrogen-bond donors (Lipinski definition) is 0. The number of carbonyl (C=O) groups excluding carboxylic acids is 1. The maximum Gasteiger partial charge on any atom is 0.260 e. The Balaban J connectivity index is 1.93. The number of benzene rings is 1. The average Bonchev–Trinajstić information content (AvgIpc) is 2.90. The van der Waals surface area contributed by atoms with Crippen molar-refractivity contribution in [2.45, 2.75) is 20.0 Å². The topological polar surface area (TPSA) is 38.1 Å². The molecule has 1 aromatic carbocycles. The fourth-order valence-electron chi connectivity index (χ4n) is 2.37. The second kappa shape index (κ2) is 4.70. The maximum absolute atomic E-state index is 14.0. The lowest BCUT2D eigenvalue weighted by molar-refractivity contribution is 0.0701. The van der Waals surface area contributed by atoms with Crippen LogP contribution in [0.25, 0.3) is 0 Å². The fraction of sp³-hybridized carbons (Fsp3) is 0.286. The number of nitrogens with zero attached hydrogens (tertiary/aromatic N) is 3. The molecule has 20 heavy (non-hydrogen) atoms. The highest BCUT2D eigenvalue weighted by Crippen LogP contribution is 2.21. The molecule has 1 amide bonds. The minimum Gasteiger partial charge on any atom is -0.331 e. The minimum absolute atomic E-state index is 0.261. The second-order valence-electron chi connectivity index (χ2n) is 4.86. The van der Waals surface area contributed by atoms with Crippen LogP contribution in [0.1, 0.15) is 21.6 Å². The lowest BCUT2D eigenvalue weighted by atomic mass is 10.1. The second-order valence-corrected chi connectivity index (χ2v) is 4.86. The standard InChI is InChI=1S/C14H13F2N3O/c1-9-2-3-11(15)12(13(9)16)14(20)18-4-5-19-8-17-6-10(19)7-18/h2-3,6,8H,4-5,7H2,1H3. The summed E-state index contributed by atoms with van der Waals surface area (Å²) in [5.74, 6) is -2.22. The first-order chi connectivity index (χ1) is 9.58. The molecule has 0 radical (unpaired) electrons. The van der Waals surface area contributed by atoms with E-state index in [1.54, 1.807) is 12.5 Å². The summed E-state index contributed by atoms with van der Waals surface area (Å²) in [4.78, 5) is 17.8. The Morgan fingerprint density at radius 3 is 2.90 bits per heavy atom. The Morgan fingerprint density at radius 1 is 1.30 bits per heavy atom. The third-order valence-electron chi connectivity index (χ3n) is 3.55. The highest BCUT2D eigenvalue weighted by Gasteiger charge is 2.27. The zero-order valence-corrected chi connectivity index (χ0v) is 10.9. The molecular weight excluding hydrogens is 264 g/mol. The van der Waals surface area contributed by atoms with Crippen molar-refractivity contribution in [2.24, 2.45) is 0 Å². The van der Waals surface area contributed by atoms with Crippen LogP contribution in [-0.2, 0) is 13.1 Å². The third kappa shape index (κ3) is 1.97. The lowest BCUT2D eigenvalue weighted by Crippen LogP contribution is -2.38. The van der Waals surface area contributed by atoms with Gasteiger partial charge in [-0.05, 0) is 18.6 Å². The quantitative estimate of drug-likeness (QED) is 0.801. The molecule has 1 aliphatic heterocycles. The molecule has 4 nitrogen and oxygen atoms in total. The highest BCUT2D eigenvalue weighted by atomic mass is 19.1. The predicted molar refractivity (Wildman–Crippen MR) is 68.1 cm³/mol. The van der Waals surface area contributed by atoms with Crippen molar-refractivity contribution in [3.63, 3.8) is 0 Å². The first-order valence-electron chi connectivity index (χ1n) is 6.31. The zero-order chi connectivity index (χ0) is 14.3. The van der Waals surface area contributed by atoms with E-state index in [2.05, 4.69) is 4.98 Å². The van der Waals surface area contributed by atoms with Crippen LogP contribution in [0.2, 0.25) is 0 Å². The Kier molecular flexibility index (Phi) is 3.00. The normalized spacial score (nSPS) is 14.2. The van der Waals surface area contributed by atoms with Gasteiger partial charge >= 0.3 is 0 Å². The molecule has 0 fully saturated rings. The van der Waals surface area contributed by atoms with Crippen molar-refractivity contribution in [3.05, 3.63) is 53.1 Å². The molecule has 2 aromatic rings. The summed E-state index contributed by atoms with van der Waals surface area (Å²) in [6.45, 7) is 2.81. The molecule has 2 heterocycles. The van der Waals surface area contributed by atoms with Gasteiger partial charge in [0.15, 0.2) is 0 Å². The summed E-state index contributed by atoms with van der Waals surface area (Å²) >= 11 is 0. The molecule has 1 aromatic heterocycles. The number of aromatic nitrogens is 2. The van der Waals surface area contributed by atoms with Gasteiger partial charge in [0.25, 0.3) is 5.91 Å². The van der Waals surface area contributed by atoms with Crippen LogP contribution in [0.15, 0.2) is 24.7 Å². The minimum atomic E-state index is -0.822. The monoisotopic (exact) mass is 277 g/mol. The van der Waals surface area contributed by atoms with E-state index in [4.69, 9.17) is 0 Å². The van der Waals surface area contributed by atoms with Crippen LogP contribution < -0.4 is 0 Å². The van der Waals surface area contributed by atoms with E-state index in [9.17, 15) is 13.6 Å². The Morgan fingerprint density at radius 2 is 2.10 bits per heavy atom. The van der Waals surface area contributed by atoms with Crippen molar-refractivity contribution in [1.82, 2.24) is 14.5 Å². The van der Waals surface area contributed by atoms with Gasteiger partial charge in [-0.15, -0.1) is 0 Å². The van der Waals surface area contributed by atoms with E-state index in [0.717, 1.165) is 11.8 Å². The van der Waals surface area contributed by atoms with Crippen molar-refractivity contribution in [3.8, 4) is 0 Å². The van der Waals surface area contributed by atoms with Gasteiger partial charge in [-0.2, -0.15) is 0 Å². The summed E-state index contributed by atoms with van der Waals surface area (Å²) in [6, 6.07) is 2.45. The first-order valence-corrected chi connectivity index (χ1v) is 6.31. The van der Waals surface area contributed by atoms with Crippen LogP contribution in [0.5, 0.6) is 0 Å². The summed E-state index contributed by atoms with van der Waals surface area (Å²) in [5, 5.41) is 0. The molecule has 0 atom stereocenters. The van der Waals surface area contributed by atoms with E-state index in [-0.39, 0.29) is 5.56 Å². The molecule has 1 aliphatic rings. The van der Waals surface area contributed by atoms with Gasteiger partial charge in [0.2, 0.25) is 0 Å². The van der Waals surface area contributed by atoms with E-state index in [0.29, 0.717) is 19.6 Å². The van der Waals surface area contributed by atoms with Crippen LogP contribution in [0.3, 0.4) is 0 Å². The summed E-state index contributed by atoms with van der Waals surface area (Å²) < 4.78 is 29.7. The van der Waals surface area contributed by atoms with E-state index in [1.807, 2.05) is 4.57 Å². The molecule has 0 saturated carbocycles. The van der Waals surface area contributed by atoms with Crippen molar-refractivity contribution >= 4 is 5.91 Å². The average molecular weight is 277 g/mol. The summed E-state index contributed by atoms with van der Waals surface area (Å²) in [7, 11) is 0. The van der Waals surface area contributed by atoms with Crippen LogP contribution in [0.4, 0.5) is 8.78 Å². The van der Waals surface area contributed by atoms with Gasteiger partial charge in [0.1, 0.15) is 17.2 Å². The van der Waals surface area contributed by atoms with Gasteiger partial charge in [-0.25, -0.2) is 13.8 Å². The number of rotatable bonds is 1. The molecule has 0 spiro atoms. The van der Waals surface area contributed by atoms with Gasteiger partial charge in [0, 0.05) is 19.3 Å². The number of amides is 1. The summed E-state index contributed by atoms with van der Waals surface area (Å²) in [5.41, 5.74) is 0.646. The van der Waals surface area contributed by atoms with Crippen molar-refractivity contribution in [2.75, 3.05) is 6.54 Å². The SMILES string of the molecule is Cc1ccc(F)c(C(=O)N2CCn3cncc3C2)c1F. The number of halogens is 2. The Hall–Kier alpha value is -2.24. The molecule has 3 rings (SSSR count). The van der Waals surface area contributed by atoms with Crippen molar-refractivity contribution < 1.29 is 13.6 Å². The number of hydrogen-bond acceptors (Lipinski definition) is 2. The third-order valence-corrected chi connectivity index (χ3v) is 3.55. The smallest absolute Gasteiger partial charge is 0.260 e. The highest BCUT2D eigenvalue weighted by molar-refractivity contribution is 5.95. The molecule has 0 unspecified atom stereocenters. The van der Waals surface area contributed by atoms with Gasteiger partial charge in [-0.1, -0.05) is 6.07 Å². The Bertz CT molecular complexity index is 681. The molecular formula is C14H13F2N3O. The summed E-state index contributed by atoms with van der Waals surface area (Å²) in [6.07, 6.45) is 3.34. The van der Waals surface area contributed by atoms with Crippen molar-refractivity contribution in [1.29, 1.82) is 0 Å².